The third kappa shape index (κ3) is 2.81. The van der Waals surface area contributed by atoms with Crippen LogP contribution in [-0.4, -0.2) is 47.7 Å². The maximum Gasteiger partial charge on any atom is 0.334 e. The Bertz CT molecular complexity index is 622. The van der Waals surface area contributed by atoms with Crippen molar-refractivity contribution in [3.8, 4) is 0 Å². The molecule has 118 valence electrons. The lowest BCUT2D eigenvalue weighted by Crippen LogP contribution is -2.49. The molecular weight excluding hydrogens is 296 g/mol. The van der Waals surface area contributed by atoms with Gasteiger partial charge in [-0.15, -0.1) is 0 Å². The molecule has 0 unspecified atom stereocenters. The molecule has 1 aromatic carbocycles. The second-order valence-electron chi connectivity index (χ2n) is 5.60. The fourth-order valence-electron chi connectivity index (χ4n) is 2.84. The van der Waals surface area contributed by atoms with Gasteiger partial charge in [0.25, 0.3) is 0 Å². The van der Waals surface area contributed by atoms with Crippen molar-refractivity contribution in [1.29, 1.82) is 0 Å². The van der Waals surface area contributed by atoms with Gasteiger partial charge in [-0.3, -0.25) is 4.79 Å². The Morgan fingerprint density at radius 1 is 1.32 bits per heavy atom. The SMILES string of the molecule is O=C(O)[C@@H]1CN(C(=O)[C@H]2C[C@@H]2c2cc(F)ccc2F)CCO1. The summed E-state index contributed by atoms with van der Waals surface area (Å²) in [6.07, 6.45) is -0.574. The number of rotatable bonds is 3. The van der Waals surface area contributed by atoms with Crippen molar-refractivity contribution in [2.24, 2.45) is 5.92 Å². The number of ether oxygens (including phenoxy) is 1. The molecule has 7 heteroatoms. The number of hydrogen-bond acceptors (Lipinski definition) is 3. The van der Waals surface area contributed by atoms with Crippen LogP contribution in [0.3, 0.4) is 0 Å². The second kappa shape index (κ2) is 5.64. The Kier molecular flexibility index (Phi) is 3.82. The molecular formula is C15H15F2NO4. The van der Waals surface area contributed by atoms with E-state index in [0.717, 1.165) is 18.2 Å². The van der Waals surface area contributed by atoms with E-state index in [4.69, 9.17) is 9.84 Å². The summed E-state index contributed by atoms with van der Waals surface area (Å²) in [6.45, 7) is 0.467. The summed E-state index contributed by atoms with van der Waals surface area (Å²) in [5.74, 6) is -3.14. The minimum Gasteiger partial charge on any atom is -0.479 e. The van der Waals surface area contributed by atoms with Gasteiger partial charge in [0.2, 0.25) is 5.91 Å². The first-order valence-electron chi connectivity index (χ1n) is 7.05. The molecule has 1 aliphatic carbocycles. The highest BCUT2D eigenvalue weighted by molar-refractivity contribution is 5.84. The first-order chi connectivity index (χ1) is 10.5. The van der Waals surface area contributed by atoms with E-state index in [2.05, 4.69) is 0 Å². The van der Waals surface area contributed by atoms with E-state index in [9.17, 15) is 18.4 Å². The van der Waals surface area contributed by atoms with Crippen molar-refractivity contribution >= 4 is 11.9 Å². The van der Waals surface area contributed by atoms with E-state index in [-0.39, 0.29) is 30.5 Å². The summed E-state index contributed by atoms with van der Waals surface area (Å²) in [5.41, 5.74) is 0.210. The molecule has 1 amide bonds. The van der Waals surface area contributed by atoms with Crippen LogP contribution in [0.15, 0.2) is 18.2 Å². The highest BCUT2D eigenvalue weighted by Gasteiger charge is 2.48. The number of benzene rings is 1. The molecule has 0 radical (unpaired) electrons. The lowest BCUT2D eigenvalue weighted by molar-refractivity contribution is -0.159. The van der Waals surface area contributed by atoms with Gasteiger partial charge in [0.05, 0.1) is 13.2 Å². The van der Waals surface area contributed by atoms with E-state index in [1.54, 1.807) is 0 Å². The van der Waals surface area contributed by atoms with Gasteiger partial charge in [-0.25, -0.2) is 13.6 Å². The molecule has 1 saturated heterocycles. The first kappa shape index (κ1) is 14.9. The molecule has 3 rings (SSSR count). The number of carbonyl (C=O) groups excluding carboxylic acids is 1. The topological polar surface area (TPSA) is 66.8 Å². The maximum absolute atomic E-state index is 13.7. The molecule has 0 bridgehead atoms. The van der Waals surface area contributed by atoms with Crippen molar-refractivity contribution < 1.29 is 28.2 Å². The van der Waals surface area contributed by atoms with Gasteiger partial charge in [-0.2, -0.15) is 0 Å². The summed E-state index contributed by atoms with van der Waals surface area (Å²) < 4.78 is 32.0. The number of carboxylic acid groups (broad SMARTS) is 1. The zero-order valence-electron chi connectivity index (χ0n) is 11.7. The van der Waals surface area contributed by atoms with Crippen LogP contribution in [0.1, 0.15) is 17.9 Å². The molecule has 0 spiro atoms. The molecule has 3 atom stereocenters. The van der Waals surface area contributed by atoms with Crippen LogP contribution < -0.4 is 0 Å². The molecule has 1 aromatic rings. The van der Waals surface area contributed by atoms with Gasteiger partial charge in [-0.05, 0) is 36.1 Å². The van der Waals surface area contributed by atoms with Crippen LogP contribution in [0.5, 0.6) is 0 Å². The van der Waals surface area contributed by atoms with Crippen LogP contribution in [0.25, 0.3) is 0 Å². The zero-order valence-corrected chi connectivity index (χ0v) is 11.7. The lowest BCUT2D eigenvalue weighted by atomic mass is 10.1. The van der Waals surface area contributed by atoms with Crippen molar-refractivity contribution in [3.63, 3.8) is 0 Å². The second-order valence-corrected chi connectivity index (χ2v) is 5.60. The Hall–Kier alpha value is -2.02. The third-order valence-corrected chi connectivity index (χ3v) is 4.12. The molecule has 2 fully saturated rings. The number of hydrogen-bond donors (Lipinski definition) is 1. The van der Waals surface area contributed by atoms with Crippen molar-refractivity contribution in [1.82, 2.24) is 4.90 Å². The number of halogens is 2. The van der Waals surface area contributed by atoms with Gasteiger partial charge < -0.3 is 14.7 Å². The molecule has 2 aliphatic rings. The third-order valence-electron chi connectivity index (χ3n) is 4.12. The molecule has 5 nitrogen and oxygen atoms in total. The number of aliphatic carboxylic acids is 1. The summed E-state index contributed by atoms with van der Waals surface area (Å²) in [5, 5.41) is 8.93. The van der Waals surface area contributed by atoms with Gasteiger partial charge >= 0.3 is 5.97 Å². The van der Waals surface area contributed by atoms with Crippen molar-refractivity contribution in [2.45, 2.75) is 18.4 Å². The number of amides is 1. The summed E-state index contributed by atoms with van der Waals surface area (Å²) >= 11 is 0. The van der Waals surface area contributed by atoms with E-state index in [0.29, 0.717) is 13.0 Å². The average Bonchev–Trinajstić information content (AvgIpc) is 3.29. The number of carboxylic acids is 1. The molecule has 22 heavy (non-hydrogen) atoms. The molecule has 0 aromatic heterocycles. The number of carbonyl (C=O) groups is 2. The van der Waals surface area contributed by atoms with Crippen LogP contribution in [0.4, 0.5) is 8.78 Å². The highest BCUT2D eigenvalue weighted by Crippen LogP contribution is 2.49. The van der Waals surface area contributed by atoms with Crippen molar-refractivity contribution in [2.75, 3.05) is 19.7 Å². The van der Waals surface area contributed by atoms with E-state index in [1.165, 1.54) is 4.90 Å². The monoisotopic (exact) mass is 311 g/mol. The van der Waals surface area contributed by atoms with Gasteiger partial charge in [0, 0.05) is 12.5 Å². The van der Waals surface area contributed by atoms with E-state index < -0.39 is 29.6 Å². The Morgan fingerprint density at radius 2 is 2.09 bits per heavy atom. The fourth-order valence-corrected chi connectivity index (χ4v) is 2.84. The Balaban J connectivity index is 1.67. The van der Waals surface area contributed by atoms with Crippen LogP contribution in [0.2, 0.25) is 0 Å². The summed E-state index contributed by atoms with van der Waals surface area (Å²) in [4.78, 5) is 24.7. The minimum atomic E-state index is -1.11. The predicted molar refractivity (Wildman–Crippen MR) is 71.2 cm³/mol. The van der Waals surface area contributed by atoms with Crippen LogP contribution in [-0.2, 0) is 14.3 Å². The standard InChI is InChI=1S/C15H15F2NO4/c16-8-1-2-12(17)10(5-8)9-6-11(9)14(19)18-3-4-22-13(7-18)15(20)21/h1-2,5,9,11,13H,3-4,6-7H2,(H,20,21)/t9-,11+,13+/m1/s1. The van der Waals surface area contributed by atoms with Gasteiger partial charge in [0.15, 0.2) is 6.10 Å². The predicted octanol–water partition coefficient (Wildman–Crippen LogP) is 1.38. The molecule has 1 N–H and O–H groups in total. The van der Waals surface area contributed by atoms with E-state index in [1.807, 2.05) is 0 Å². The van der Waals surface area contributed by atoms with Crippen LogP contribution >= 0.6 is 0 Å². The Labute approximate surface area is 125 Å². The quantitative estimate of drug-likeness (QED) is 0.916. The van der Waals surface area contributed by atoms with Crippen molar-refractivity contribution in [3.05, 3.63) is 35.4 Å². The smallest absolute Gasteiger partial charge is 0.334 e. The minimum absolute atomic E-state index is 0.0109. The maximum atomic E-state index is 13.7. The summed E-state index contributed by atoms with van der Waals surface area (Å²) in [6, 6.07) is 3.21. The number of nitrogens with zero attached hydrogens (tertiary/aromatic N) is 1. The van der Waals surface area contributed by atoms with E-state index >= 15 is 0 Å². The molecule has 1 heterocycles. The summed E-state index contributed by atoms with van der Waals surface area (Å²) in [7, 11) is 0. The lowest BCUT2D eigenvalue weighted by Gasteiger charge is -2.31. The Morgan fingerprint density at radius 3 is 2.82 bits per heavy atom. The normalized spacial score (nSPS) is 27.5. The fraction of sp³-hybridized carbons (Fsp3) is 0.467. The highest BCUT2D eigenvalue weighted by atomic mass is 19.1. The zero-order chi connectivity index (χ0) is 15.9. The first-order valence-corrected chi connectivity index (χ1v) is 7.05. The van der Waals surface area contributed by atoms with Crippen LogP contribution in [0, 0.1) is 17.6 Å². The van der Waals surface area contributed by atoms with Gasteiger partial charge in [-0.1, -0.05) is 0 Å². The largest absolute Gasteiger partial charge is 0.479 e. The molecule has 1 aliphatic heterocycles. The van der Waals surface area contributed by atoms with Gasteiger partial charge in [0.1, 0.15) is 11.6 Å². The average molecular weight is 311 g/mol. The molecule has 1 saturated carbocycles. The number of morpholine rings is 1.